The van der Waals surface area contributed by atoms with Crippen molar-refractivity contribution in [2.75, 3.05) is 6.61 Å². The minimum absolute atomic E-state index is 0.0273. The van der Waals surface area contributed by atoms with Gasteiger partial charge in [0.15, 0.2) is 5.71 Å². The summed E-state index contributed by atoms with van der Waals surface area (Å²) in [5, 5.41) is 12.0. The molecule has 0 heterocycles. The molecule has 0 spiro atoms. The van der Waals surface area contributed by atoms with Gasteiger partial charge in [-0.2, -0.15) is 0 Å². The van der Waals surface area contributed by atoms with Crippen LogP contribution in [0.4, 0.5) is 0 Å². The Morgan fingerprint density at radius 1 is 1.47 bits per heavy atom. The summed E-state index contributed by atoms with van der Waals surface area (Å²) >= 11 is 0. The quantitative estimate of drug-likeness (QED) is 0.468. The molecule has 4 nitrogen and oxygen atoms in total. The molecular formula is C13H17NO3. The maximum atomic E-state index is 10.4. The highest BCUT2D eigenvalue weighted by atomic mass is 16.6. The molecular weight excluding hydrogens is 218 g/mol. The number of hydrogen-bond acceptors (Lipinski definition) is 3. The number of oxime groups is 1. The highest BCUT2D eigenvalue weighted by Gasteiger charge is 2.01. The predicted molar refractivity (Wildman–Crippen MR) is 66.2 cm³/mol. The van der Waals surface area contributed by atoms with Gasteiger partial charge in [-0.05, 0) is 32.3 Å². The third-order valence-corrected chi connectivity index (χ3v) is 2.29. The van der Waals surface area contributed by atoms with Crippen molar-refractivity contribution in [3.63, 3.8) is 0 Å². The van der Waals surface area contributed by atoms with E-state index in [1.165, 1.54) is 18.1 Å². The van der Waals surface area contributed by atoms with E-state index in [2.05, 4.69) is 30.3 Å². The lowest BCUT2D eigenvalue weighted by Gasteiger charge is -2.02. The molecule has 1 aromatic carbocycles. The molecule has 0 aliphatic rings. The van der Waals surface area contributed by atoms with Crippen molar-refractivity contribution in [3.05, 3.63) is 35.4 Å². The number of hydrogen-bond donors (Lipinski definition) is 1. The summed E-state index contributed by atoms with van der Waals surface area (Å²) in [6.45, 7) is 3.89. The Morgan fingerprint density at radius 2 is 2.24 bits per heavy atom. The number of aryl methyl sites for hydroxylation is 2. The zero-order valence-electron chi connectivity index (χ0n) is 10.1. The van der Waals surface area contributed by atoms with Crippen molar-refractivity contribution in [1.82, 2.24) is 0 Å². The van der Waals surface area contributed by atoms with Crippen LogP contribution in [0.5, 0.6) is 0 Å². The lowest BCUT2D eigenvalue weighted by molar-refractivity contribution is -0.129. The summed E-state index contributed by atoms with van der Waals surface area (Å²) < 4.78 is 0. The Bertz CT molecular complexity index is 413. The first kappa shape index (κ1) is 13.2. The van der Waals surface area contributed by atoms with Crippen molar-refractivity contribution >= 4 is 11.7 Å². The first-order valence-corrected chi connectivity index (χ1v) is 5.55. The van der Waals surface area contributed by atoms with Crippen molar-refractivity contribution in [2.24, 2.45) is 5.16 Å². The summed E-state index contributed by atoms with van der Waals surface area (Å²) in [7, 11) is 0. The van der Waals surface area contributed by atoms with Crippen LogP contribution in [0, 0.1) is 6.92 Å². The Morgan fingerprint density at radius 3 is 2.88 bits per heavy atom. The molecule has 0 fully saturated rings. The van der Waals surface area contributed by atoms with Gasteiger partial charge < -0.3 is 9.94 Å². The summed E-state index contributed by atoms with van der Waals surface area (Å²) in [6, 6.07) is 8.28. The van der Waals surface area contributed by atoms with Crippen LogP contribution in [0.3, 0.4) is 0 Å². The van der Waals surface area contributed by atoms with E-state index in [1.807, 2.05) is 6.07 Å². The Labute approximate surface area is 101 Å². The van der Waals surface area contributed by atoms with E-state index in [0.29, 0.717) is 6.61 Å². The van der Waals surface area contributed by atoms with E-state index in [0.717, 1.165) is 12.8 Å². The standard InChI is InChI=1S/C13H17NO3/c1-10-5-3-6-12(9-10)7-4-8-17-14-11(2)13(15)16/h3,5-6,9H,4,7-8H2,1-2H3,(H,15,16)/b14-11-. The first-order valence-electron chi connectivity index (χ1n) is 5.55. The van der Waals surface area contributed by atoms with E-state index in [-0.39, 0.29) is 5.71 Å². The van der Waals surface area contributed by atoms with Gasteiger partial charge in [-0.3, -0.25) is 0 Å². The number of nitrogens with zero attached hydrogens (tertiary/aromatic N) is 1. The molecule has 17 heavy (non-hydrogen) atoms. The van der Waals surface area contributed by atoms with Gasteiger partial charge in [-0.25, -0.2) is 4.79 Å². The van der Waals surface area contributed by atoms with E-state index in [1.54, 1.807) is 0 Å². The molecule has 0 radical (unpaired) electrons. The topological polar surface area (TPSA) is 58.9 Å². The van der Waals surface area contributed by atoms with Gasteiger partial charge in [0.05, 0.1) is 0 Å². The third kappa shape index (κ3) is 5.15. The van der Waals surface area contributed by atoms with Crippen LogP contribution in [0.2, 0.25) is 0 Å². The summed E-state index contributed by atoms with van der Waals surface area (Å²) in [6.07, 6.45) is 1.73. The van der Waals surface area contributed by atoms with Gasteiger partial charge in [0, 0.05) is 0 Å². The molecule has 1 aromatic rings. The van der Waals surface area contributed by atoms with Gasteiger partial charge in [0.25, 0.3) is 0 Å². The third-order valence-electron chi connectivity index (χ3n) is 2.29. The number of rotatable bonds is 6. The largest absolute Gasteiger partial charge is 0.477 e. The molecule has 1 rings (SSSR count). The highest BCUT2D eigenvalue weighted by Crippen LogP contribution is 2.06. The molecule has 0 bridgehead atoms. The predicted octanol–water partition coefficient (Wildman–Crippen LogP) is 2.40. The van der Waals surface area contributed by atoms with Crippen molar-refractivity contribution in [1.29, 1.82) is 0 Å². The Balaban J connectivity index is 2.25. The second kappa shape index (κ2) is 6.68. The van der Waals surface area contributed by atoms with Crippen LogP contribution >= 0.6 is 0 Å². The van der Waals surface area contributed by atoms with Crippen LogP contribution < -0.4 is 0 Å². The minimum Gasteiger partial charge on any atom is -0.477 e. The maximum Gasteiger partial charge on any atom is 0.353 e. The average Bonchev–Trinajstić information content (AvgIpc) is 2.28. The van der Waals surface area contributed by atoms with Gasteiger partial charge in [0.2, 0.25) is 0 Å². The van der Waals surface area contributed by atoms with Crippen molar-refractivity contribution in [2.45, 2.75) is 26.7 Å². The van der Waals surface area contributed by atoms with E-state index in [4.69, 9.17) is 9.94 Å². The summed E-state index contributed by atoms with van der Waals surface area (Å²) in [5.74, 6) is -1.05. The second-order valence-electron chi connectivity index (χ2n) is 3.91. The summed E-state index contributed by atoms with van der Waals surface area (Å²) in [4.78, 5) is 15.3. The van der Waals surface area contributed by atoms with E-state index < -0.39 is 5.97 Å². The molecule has 92 valence electrons. The lowest BCUT2D eigenvalue weighted by Crippen LogP contribution is -2.08. The van der Waals surface area contributed by atoms with Crippen molar-refractivity contribution in [3.8, 4) is 0 Å². The zero-order chi connectivity index (χ0) is 12.7. The first-order chi connectivity index (χ1) is 8.09. The fourth-order valence-corrected chi connectivity index (χ4v) is 1.39. The maximum absolute atomic E-state index is 10.4. The number of benzene rings is 1. The molecule has 0 saturated heterocycles. The average molecular weight is 235 g/mol. The number of carbonyl (C=O) groups is 1. The SMILES string of the molecule is C/C(=N/OCCCc1cccc(C)c1)C(=O)O. The Kier molecular flexibility index (Phi) is 5.20. The van der Waals surface area contributed by atoms with Gasteiger partial charge in [-0.1, -0.05) is 35.0 Å². The van der Waals surface area contributed by atoms with Crippen LogP contribution in [0.15, 0.2) is 29.4 Å². The van der Waals surface area contributed by atoms with E-state index >= 15 is 0 Å². The number of carboxylic acids is 1. The molecule has 4 heteroatoms. The molecule has 0 aliphatic heterocycles. The summed E-state index contributed by atoms with van der Waals surface area (Å²) in [5.41, 5.74) is 2.47. The molecule has 0 aliphatic carbocycles. The van der Waals surface area contributed by atoms with Crippen LogP contribution in [-0.2, 0) is 16.1 Å². The van der Waals surface area contributed by atoms with Crippen molar-refractivity contribution < 1.29 is 14.7 Å². The molecule has 1 N–H and O–H groups in total. The Hall–Kier alpha value is -1.84. The highest BCUT2D eigenvalue weighted by molar-refractivity contribution is 6.34. The van der Waals surface area contributed by atoms with Gasteiger partial charge >= 0.3 is 5.97 Å². The molecule has 0 unspecified atom stereocenters. The minimum atomic E-state index is -1.05. The van der Waals surface area contributed by atoms with Crippen LogP contribution in [0.1, 0.15) is 24.5 Å². The normalized spacial score (nSPS) is 11.3. The fourth-order valence-electron chi connectivity index (χ4n) is 1.39. The van der Waals surface area contributed by atoms with Gasteiger partial charge in [-0.15, -0.1) is 0 Å². The van der Waals surface area contributed by atoms with Gasteiger partial charge in [0.1, 0.15) is 6.61 Å². The molecule has 0 amide bonds. The fraction of sp³-hybridized carbons (Fsp3) is 0.385. The number of carboxylic acid groups (broad SMARTS) is 1. The van der Waals surface area contributed by atoms with E-state index in [9.17, 15) is 4.79 Å². The second-order valence-corrected chi connectivity index (χ2v) is 3.91. The monoisotopic (exact) mass is 235 g/mol. The van der Waals surface area contributed by atoms with Crippen LogP contribution in [0.25, 0.3) is 0 Å². The number of aliphatic carboxylic acids is 1. The van der Waals surface area contributed by atoms with Crippen LogP contribution in [-0.4, -0.2) is 23.4 Å². The molecule has 0 saturated carbocycles. The molecule has 0 aromatic heterocycles. The smallest absolute Gasteiger partial charge is 0.353 e. The molecule has 0 atom stereocenters. The lowest BCUT2D eigenvalue weighted by atomic mass is 10.1. The zero-order valence-corrected chi connectivity index (χ0v) is 10.1.